The van der Waals surface area contributed by atoms with Crippen LogP contribution in [0.15, 0.2) is 34.3 Å². The van der Waals surface area contributed by atoms with Crippen molar-refractivity contribution in [1.82, 2.24) is 24.1 Å². The summed E-state index contributed by atoms with van der Waals surface area (Å²) in [7, 11) is -6.12. The van der Waals surface area contributed by atoms with Crippen molar-refractivity contribution in [2.24, 2.45) is 0 Å². The number of fused-ring (bicyclic) bond motifs is 1. The predicted molar refractivity (Wildman–Crippen MR) is 91.2 cm³/mol. The van der Waals surface area contributed by atoms with E-state index in [9.17, 15) is 26.4 Å². The lowest BCUT2D eigenvalue weighted by Crippen LogP contribution is -2.20. The topological polar surface area (TPSA) is 99.2 Å². The molecule has 0 bridgehead atoms. The van der Waals surface area contributed by atoms with E-state index in [-0.39, 0.29) is 17.5 Å². The van der Waals surface area contributed by atoms with Crippen molar-refractivity contribution in [2.75, 3.05) is 0 Å². The Bertz CT molecular complexity index is 1170. The SMILES string of the molecule is Cc1cc(=O)n2nc(SS(=O)(=O)C(F)(F)F)nc2n1Cc1ccc(Cl)nc1. The van der Waals surface area contributed by atoms with Crippen molar-refractivity contribution in [3.63, 3.8) is 0 Å². The minimum Gasteiger partial charge on any atom is -0.310 e. The van der Waals surface area contributed by atoms with Crippen LogP contribution in [0.2, 0.25) is 5.15 Å². The molecule has 3 heterocycles. The zero-order chi connectivity index (χ0) is 20.0. The Morgan fingerprint density at radius 1 is 1.30 bits per heavy atom. The first-order valence-electron chi connectivity index (χ1n) is 7.06. The fraction of sp³-hybridized carbons (Fsp3) is 0.231. The quantitative estimate of drug-likeness (QED) is 0.454. The van der Waals surface area contributed by atoms with Gasteiger partial charge in [0.25, 0.3) is 5.56 Å². The number of hydrogen-bond acceptors (Lipinski definition) is 7. The molecule has 0 fully saturated rings. The lowest BCUT2D eigenvalue weighted by atomic mass is 10.3. The second-order valence-corrected chi connectivity index (χ2v) is 9.40. The molecule has 144 valence electrons. The van der Waals surface area contributed by atoms with E-state index in [0.717, 1.165) is 4.52 Å². The first-order valence-corrected chi connectivity index (χ1v) is 10.3. The fourth-order valence-corrected chi connectivity index (χ4v) is 3.86. The van der Waals surface area contributed by atoms with Gasteiger partial charge in [-0.15, -0.1) is 5.10 Å². The minimum atomic E-state index is -5.56. The van der Waals surface area contributed by atoms with Gasteiger partial charge in [-0.3, -0.25) is 4.79 Å². The minimum absolute atomic E-state index is 0.102. The lowest BCUT2D eigenvalue weighted by Gasteiger charge is -2.11. The number of alkyl halides is 3. The van der Waals surface area contributed by atoms with Gasteiger partial charge in [-0.25, -0.2) is 13.4 Å². The molecule has 3 rings (SSSR count). The molecular formula is C13H9ClF3N5O3S2. The van der Waals surface area contributed by atoms with Crippen molar-refractivity contribution in [1.29, 1.82) is 0 Å². The summed E-state index contributed by atoms with van der Waals surface area (Å²) in [4.78, 5) is 19.8. The molecule has 0 atom stereocenters. The summed E-state index contributed by atoms with van der Waals surface area (Å²) in [5.41, 5.74) is -5.01. The molecule has 0 radical (unpaired) electrons. The highest BCUT2D eigenvalue weighted by Gasteiger charge is 2.47. The van der Waals surface area contributed by atoms with Crippen LogP contribution < -0.4 is 5.56 Å². The van der Waals surface area contributed by atoms with Gasteiger partial charge in [0.15, 0.2) is 0 Å². The van der Waals surface area contributed by atoms with E-state index < -0.39 is 35.9 Å². The summed E-state index contributed by atoms with van der Waals surface area (Å²) in [5.74, 6) is -0.102. The molecule has 3 aromatic rings. The summed E-state index contributed by atoms with van der Waals surface area (Å²) < 4.78 is 62.5. The second kappa shape index (κ2) is 6.80. The zero-order valence-corrected chi connectivity index (χ0v) is 15.7. The highest BCUT2D eigenvalue weighted by Crippen LogP contribution is 2.35. The number of aryl methyl sites for hydroxylation is 1. The summed E-state index contributed by atoms with van der Waals surface area (Å²) in [6, 6.07) is 4.42. The van der Waals surface area contributed by atoms with Crippen molar-refractivity contribution in [3.05, 3.63) is 51.2 Å². The van der Waals surface area contributed by atoms with Crippen LogP contribution in [0, 0.1) is 6.92 Å². The van der Waals surface area contributed by atoms with Gasteiger partial charge in [0, 0.05) is 18.0 Å². The first kappa shape index (κ1) is 19.6. The Hall–Kier alpha value is -2.12. The average Bonchev–Trinajstić information content (AvgIpc) is 2.95. The number of hydrogen-bond donors (Lipinski definition) is 0. The molecule has 0 amide bonds. The standard InChI is InChI=1S/C13H9ClF3N5O3S2/c1-7-4-10(23)22-12(21(7)6-8-2-3-9(14)18-5-8)19-11(20-22)26-27(24,25)13(15,16)17/h2-5H,6H2,1H3. The van der Waals surface area contributed by atoms with E-state index in [1.807, 2.05) is 0 Å². The van der Waals surface area contributed by atoms with Crippen LogP contribution in [-0.4, -0.2) is 38.1 Å². The van der Waals surface area contributed by atoms with Crippen molar-refractivity contribution < 1.29 is 21.6 Å². The Balaban J connectivity index is 2.08. The summed E-state index contributed by atoms with van der Waals surface area (Å²) in [6.07, 6.45) is 1.48. The Labute approximate surface area is 158 Å². The molecule has 0 aliphatic rings. The van der Waals surface area contributed by atoms with E-state index >= 15 is 0 Å². The number of nitrogens with zero attached hydrogens (tertiary/aromatic N) is 5. The maximum Gasteiger partial charge on any atom is 0.507 e. The van der Waals surface area contributed by atoms with Crippen LogP contribution in [0.4, 0.5) is 13.2 Å². The van der Waals surface area contributed by atoms with Gasteiger partial charge in [0.1, 0.15) is 5.15 Å². The summed E-state index contributed by atoms with van der Waals surface area (Å²) in [5, 5.41) is 3.15. The number of pyridine rings is 1. The van der Waals surface area contributed by atoms with Gasteiger partial charge >= 0.3 is 14.4 Å². The largest absolute Gasteiger partial charge is 0.507 e. The molecule has 0 N–H and O–H groups in total. The van der Waals surface area contributed by atoms with E-state index in [1.165, 1.54) is 16.8 Å². The zero-order valence-electron chi connectivity index (χ0n) is 13.3. The molecule has 0 aromatic carbocycles. The third-order valence-electron chi connectivity index (χ3n) is 3.38. The molecule has 0 unspecified atom stereocenters. The van der Waals surface area contributed by atoms with E-state index in [2.05, 4.69) is 15.1 Å². The smallest absolute Gasteiger partial charge is 0.310 e. The monoisotopic (exact) mass is 439 g/mol. The molecule has 8 nitrogen and oxygen atoms in total. The number of rotatable bonds is 4. The van der Waals surface area contributed by atoms with Gasteiger partial charge < -0.3 is 4.57 Å². The van der Waals surface area contributed by atoms with Gasteiger partial charge in [0.2, 0.25) is 10.9 Å². The summed E-state index contributed by atoms with van der Waals surface area (Å²) >= 11 is 5.73. The van der Waals surface area contributed by atoms with Gasteiger partial charge in [-0.05, 0) is 18.6 Å². The van der Waals surface area contributed by atoms with Crippen LogP contribution in [0.25, 0.3) is 5.78 Å². The fourth-order valence-electron chi connectivity index (χ4n) is 2.14. The maximum absolute atomic E-state index is 12.6. The third-order valence-corrected chi connectivity index (χ3v) is 6.38. The van der Waals surface area contributed by atoms with Crippen molar-refractivity contribution in [3.8, 4) is 0 Å². The third kappa shape index (κ3) is 3.94. The van der Waals surface area contributed by atoms with Gasteiger partial charge in [0.05, 0.1) is 17.3 Å². The molecule has 14 heteroatoms. The van der Waals surface area contributed by atoms with Crippen LogP contribution >= 0.6 is 22.4 Å². The average molecular weight is 440 g/mol. The molecular weight excluding hydrogens is 431 g/mol. The van der Waals surface area contributed by atoms with E-state index in [4.69, 9.17) is 11.6 Å². The Kier molecular flexibility index (Phi) is 4.94. The van der Waals surface area contributed by atoms with Crippen molar-refractivity contribution >= 4 is 37.0 Å². The second-order valence-electron chi connectivity index (χ2n) is 5.29. The molecule has 0 saturated heterocycles. The van der Waals surface area contributed by atoms with Gasteiger partial charge in [-0.1, -0.05) is 17.7 Å². The predicted octanol–water partition coefficient (Wildman–Crippen LogP) is 2.24. The van der Waals surface area contributed by atoms with Crippen LogP contribution in [0.1, 0.15) is 11.3 Å². The Morgan fingerprint density at radius 2 is 2.00 bits per heavy atom. The molecule has 0 spiro atoms. The molecule has 0 saturated carbocycles. The molecule has 27 heavy (non-hydrogen) atoms. The van der Waals surface area contributed by atoms with Crippen LogP contribution in [-0.2, 0) is 15.4 Å². The van der Waals surface area contributed by atoms with Crippen LogP contribution in [0.3, 0.4) is 0 Å². The molecule has 0 aliphatic carbocycles. The lowest BCUT2D eigenvalue weighted by molar-refractivity contribution is -0.0410. The van der Waals surface area contributed by atoms with E-state index in [1.54, 1.807) is 19.1 Å². The van der Waals surface area contributed by atoms with Crippen molar-refractivity contribution in [2.45, 2.75) is 24.1 Å². The van der Waals surface area contributed by atoms with Crippen LogP contribution in [0.5, 0.6) is 0 Å². The first-order chi connectivity index (χ1) is 12.5. The Morgan fingerprint density at radius 3 is 2.59 bits per heavy atom. The highest BCUT2D eigenvalue weighted by atomic mass is 35.5. The molecule has 3 aromatic heterocycles. The number of halogens is 4. The van der Waals surface area contributed by atoms with Gasteiger partial charge in [-0.2, -0.15) is 22.7 Å². The highest BCUT2D eigenvalue weighted by molar-refractivity contribution is 8.72. The normalized spacial score (nSPS) is 12.6. The molecule has 0 aliphatic heterocycles. The maximum atomic E-state index is 12.6. The number of aromatic nitrogens is 5. The summed E-state index contributed by atoms with van der Waals surface area (Å²) in [6.45, 7) is 1.76. The van der Waals surface area contributed by atoms with E-state index in [0.29, 0.717) is 11.3 Å².